The van der Waals surface area contributed by atoms with E-state index in [0.29, 0.717) is 5.15 Å². The molecule has 1 atom stereocenters. The zero-order valence-electron chi connectivity index (χ0n) is 13.4. The van der Waals surface area contributed by atoms with Crippen LogP contribution in [0.3, 0.4) is 0 Å². The molecule has 0 bridgehead atoms. The lowest BCUT2D eigenvalue weighted by Gasteiger charge is -2.21. The Hall–Kier alpha value is -1.54. The number of pyridine rings is 1. The van der Waals surface area contributed by atoms with Crippen molar-refractivity contribution in [3.05, 3.63) is 58.4 Å². The van der Waals surface area contributed by atoms with Crippen LogP contribution in [-0.2, 0) is 5.41 Å². The number of nitrogens with zero attached hydrogens (tertiary/aromatic N) is 1. The first-order valence-corrected chi connectivity index (χ1v) is 7.65. The average molecular weight is 303 g/mol. The molecule has 0 spiro atoms. The predicted molar refractivity (Wildman–Crippen MR) is 91.2 cm³/mol. The van der Waals surface area contributed by atoms with E-state index in [1.54, 1.807) is 6.20 Å². The van der Waals surface area contributed by atoms with E-state index in [-0.39, 0.29) is 11.5 Å². The molecule has 112 valence electrons. The molecule has 1 unspecified atom stereocenters. The summed E-state index contributed by atoms with van der Waals surface area (Å²) < 4.78 is 0. The lowest BCUT2D eigenvalue weighted by molar-refractivity contribution is 0.589. The molecule has 1 aromatic carbocycles. The molecule has 0 amide bonds. The molecule has 1 aromatic heterocycles. The van der Waals surface area contributed by atoms with Crippen LogP contribution in [0.5, 0.6) is 0 Å². The van der Waals surface area contributed by atoms with Crippen LogP contribution >= 0.6 is 11.6 Å². The molecule has 1 N–H and O–H groups in total. The van der Waals surface area contributed by atoms with Gasteiger partial charge in [-0.1, -0.05) is 56.6 Å². The zero-order chi connectivity index (χ0) is 15.6. The first-order valence-electron chi connectivity index (χ1n) is 7.27. The van der Waals surface area contributed by atoms with Gasteiger partial charge in [-0.3, -0.25) is 0 Å². The van der Waals surface area contributed by atoms with E-state index < -0.39 is 0 Å². The average Bonchev–Trinajstić information content (AvgIpc) is 2.42. The number of hydrogen-bond acceptors (Lipinski definition) is 2. The summed E-state index contributed by atoms with van der Waals surface area (Å²) >= 11 is 6.17. The van der Waals surface area contributed by atoms with E-state index in [1.165, 1.54) is 11.1 Å². The van der Waals surface area contributed by atoms with Crippen molar-refractivity contribution in [3.63, 3.8) is 0 Å². The minimum Gasteiger partial charge on any atom is -0.376 e. The van der Waals surface area contributed by atoms with Gasteiger partial charge in [-0.15, -0.1) is 0 Å². The summed E-state index contributed by atoms with van der Waals surface area (Å²) in [6, 6.07) is 10.9. The Bertz CT molecular complexity index is 592. The number of rotatable bonds is 3. The van der Waals surface area contributed by atoms with Crippen molar-refractivity contribution in [3.8, 4) is 0 Å². The lowest BCUT2D eigenvalue weighted by atomic mass is 9.86. The third kappa shape index (κ3) is 3.76. The van der Waals surface area contributed by atoms with Crippen molar-refractivity contribution >= 4 is 17.3 Å². The molecule has 3 heteroatoms. The second kappa shape index (κ2) is 6.07. The van der Waals surface area contributed by atoms with Crippen LogP contribution in [0.4, 0.5) is 5.69 Å². The number of anilines is 1. The van der Waals surface area contributed by atoms with Crippen molar-refractivity contribution in [2.24, 2.45) is 0 Å². The Morgan fingerprint density at radius 1 is 1.10 bits per heavy atom. The van der Waals surface area contributed by atoms with Gasteiger partial charge in [0.1, 0.15) is 0 Å². The summed E-state index contributed by atoms with van der Waals surface area (Å²) in [4.78, 5) is 4.14. The molecular formula is C18H23ClN2. The Morgan fingerprint density at radius 2 is 1.71 bits per heavy atom. The van der Waals surface area contributed by atoms with E-state index in [0.717, 1.165) is 11.3 Å². The molecule has 0 fully saturated rings. The Kier molecular flexibility index (Phi) is 4.58. The van der Waals surface area contributed by atoms with E-state index in [2.05, 4.69) is 62.3 Å². The molecule has 0 aliphatic carbocycles. The van der Waals surface area contributed by atoms with Gasteiger partial charge in [0.2, 0.25) is 0 Å². The first kappa shape index (κ1) is 15.8. The van der Waals surface area contributed by atoms with Crippen molar-refractivity contribution < 1.29 is 0 Å². The second-order valence-corrected chi connectivity index (χ2v) is 6.89. The fraction of sp³-hybridized carbons (Fsp3) is 0.389. The summed E-state index contributed by atoms with van der Waals surface area (Å²) in [6.45, 7) is 10.8. The Balaban J connectivity index is 2.19. The molecule has 0 radical (unpaired) electrons. The number of aryl methyl sites for hydroxylation is 1. The molecule has 0 saturated carbocycles. The van der Waals surface area contributed by atoms with Gasteiger partial charge in [-0.2, -0.15) is 0 Å². The molecule has 0 saturated heterocycles. The summed E-state index contributed by atoms with van der Waals surface area (Å²) in [5.41, 5.74) is 4.77. The van der Waals surface area contributed by atoms with Gasteiger partial charge >= 0.3 is 0 Å². The van der Waals surface area contributed by atoms with Crippen LogP contribution in [0.25, 0.3) is 0 Å². The van der Waals surface area contributed by atoms with Gasteiger partial charge in [0.25, 0.3) is 0 Å². The topological polar surface area (TPSA) is 24.9 Å². The lowest BCUT2D eigenvalue weighted by Crippen LogP contribution is -2.12. The Morgan fingerprint density at radius 3 is 2.24 bits per heavy atom. The molecule has 2 aromatic rings. The predicted octanol–water partition coefficient (Wildman–Crippen LogP) is 5.51. The van der Waals surface area contributed by atoms with E-state index in [4.69, 9.17) is 11.6 Å². The highest BCUT2D eigenvalue weighted by atomic mass is 35.5. The van der Waals surface area contributed by atoms with E-state index >= 15 is 0 Å². The van der Waals surface area contributed by atoms with Gasteiger partial charge in [-0.05, 0) is 42.0 Å². The van der Waals surface area contributed by atoms with Gasteiger partial charge in [0.15, 0.2) is 5.15 Å². The molecule has 21 heavy (non-hydrogen) atoms. The van der Waals surface area contributed by atoms with Crippen molar-refractivity contribution in [1.29, 1.82) is 0 Å². The van der Waals surface area contributed by atoms with E-state index in [1.807, 2.05) is 13.0 Å². The minimum atomic E-state index is 0.179. The van der Waals surface area contributed by atoms with Gasteiger partial charge < -0.3 is 5.32 Å². The fourth-order valence-corrected chi connectivity index (χ4v) is 2.53. The van der Waals surface area contributed by atoms with Gasteiger partial charge in [-0.25, -0.2) is 4.98 Å². The first-order chi connectivity index (χ1) is 9.79. The number of hydrogen-bond donors (Lipinski definition) is 1. The molecule has 2 nitrogen and oxygen atoms in total. The van der Waals surface area contributed by atoms with Crippen LogP contribution in [0.15, 0.2) is 36.5 Å². The van der Waals surface area contributed by atoms with Crippen molar-refractivity contribution in [2.75, 3.05) is 5.32 Å². The number of benzene rings is 1. The quantitative estimate of drug-likeness (QED) is 0.756. The second-order valence-electron chi connectivity index (χ2n) is 6.53. The molecule has 0 aliphatic heterocycles. The maximum atomic E-state index is 6.17. The highest BCUT2D eigenvalue weighted by molar-refractivity contribution is 6.32. The van der Waals surface area contributed by atoms with Crippen molar-refractivity contribution in [2.45, 2.75) is 46.1 Å². The summed E-state index contributed by atoms with van der Waals surface area (Å²) in [6.07, 6.45) is 1.73. The largest absolute Gasteiger partial charge is 0.376 e. The summed E-state index contributed by atoms with van der Waals surface area (Å²) in [7, 11) is 0. The summed E-state index contributed by atoms with van der Waals surface area (Å²) in [5.74, 6) is 0. The molecular weight excluding hydrogens is 280 g/mol. The van der Waals surface area contributed by atoms with Crippen LogP contribution in [0, 0.1) is 6.92 Å². The maximum absolute atomic E-state index is 6.17. The number of aromatic nitrogens is 1. The highest BCUT2D eigenvalue weighted by Crippen LogP contribution is 2.29. The molecule has 1 heterocycles. The Labute approximate surface area is 132 Å². The van der Waals surface area contributed by atoms with Crippen molar-refractivity contribution in [1.82, 2.24) is 4.98 Å². The zero-order valence-corrected chi connectivity index (χ0v) is 14.1. The third-order valence-corrected chi connectivity index (χ3v) is 4.04. The fourth-order valence-electron chi connectivity index (χ4n) is 2.27. The molecule has 2 rings (SSSR count). The van der Waals surface area contributed by atoms with Gasteiger partial charge in [0, 0.05) is 12.2 Å². The SMILES string of the molecule is Cc1ccnc(Cl)c1NC(C)c1ccc(C(C)(C)C)cc1. The van der Waals surface area contributed by atoms with Crippen LogP contribution in [0.2, 0.25) is 5.15 Å². The smallest absolute Gasteiger partial charge is 0.152 e. The van der Waals surface area contributed by atoms with Crippen LogP contribution in [0.1, 0.15) is 50.4 Å². The van der Waals surface area contributed by atoms with Crippen LogP contribution in [-0.4, -0.2) is 4.98 Å². The normalized spacial score (nSPS) is 13.0. The summed E-state index contributed by atoms with van der Waals surface area (Å²) in [5, 5.41) is 3.98. The minimum absolute atomic E-state index is 0.179. The number of halogens is 1. The van der Waals surface area contributed by atoms with E-state index in [9.17, 15) is 0 Å². The standard InChI is InChI=1S/C18H23ClN2/c1-12-10-11-20-17(19)16(12)21-13(2)14-6-8-15(9-7-14)18(3,4)5/h6-11,13,21H,1-5H3. The highest BCUT2D eigenvalue weighted by Gasteiger charge is 2.15. The van der Waals surface area contributed by atoms with Gasteiger partial charge in [0.05, 0.1) is 5.69 Å². The molecule has 0 aliphatic rings. The number of nitrogens with one attached hydrogen (secondary N) is 1. The van der Waals surface area contributed by atoms with Crippen LogP contribution < -0.4 is 5.32 Å². The maximum Gasteiger partial charge on any atom is 0.152 e. The monoisotopic (exact) mass is 302 g/mol. The third-order valence-electron chi connectivity index (χ3n) is 3.75.